The predicted octanol–water partition coefficient (Wildman–Crippen LogP) is 3.35. The van der Waals surface area contributed by atoms with Crippen molar-refractivity contribution in [3.63, 3.8) is 0 Å². The number of amides is 1. The summed E-state index contributed by atoms with van der Waals surface area (Å²) in [5.41, 5.74) is 1.35. The Morgan fingerprint density at radius 1 is 1.17 bits per heavy atom. The average Bonchev–Trinajstić information content (AvgIpc) is 2.83. The van der Waals surface area contributed by atoms with Crippen LogP contribution in [0.25, 0.3) is 11.1 Å². The fourth-order valence-electron chi connectivity index (χ4n) is 2.24. The van der Waals surface area contributed by atoms with Crippen molar-refractivity contribution in [1.29, 1.82) is 0 Å². The smallest absolute Gasteiger partial charge is 0.361 e. The molecule has 0 unspecified atom stereocenters. The SMILES string of the molecule is O=C(NCCc1oc2ccccc2[n+]1[O-])c1cc(Cl)cc(Cl)c1. The maximum Gasteiger partial charge on any atom is 0.361 e. The van der Waals surface area contributed by atoms with Crippen LogP contribution in [0.3, 0.4) is 0 Å². The topological polar surface area (TPSA) is 69.2 Å². The van der Waals surface area contributed by atoms with Gasteiger partial charge in [0.05, 0.1) is 6.42 Å². The number of nitrogens with zero attached hydrogens (tertiary/aromatic N) is 1. The minimum atomic E-state index is -0.317. The third-order valence-electron chi connectivity index (χ3n) is 3.29. The van der Waals surface area contributed by atoms with E-state index in [9.17, 15) is 10.0 Å². The molecule has 1 amide bonds. The van der Waals surface area contributed by atoms with E-state index in [2.05, 4.69) is 5.32 Å². The average molecular weight is 351 g/mol. The maximum absolute atomic E-state index is 12.1. The fourth-order valence-corrected chi connectivity index (χ4v) is 2.76. The zero-order valence-corrected chi connectivity index (χ0v) is 13.4. The highest BCUT2D eigenvalue weighted by atomic mass is 35.5. The predicted molar refractivity (Wildman–Crippen MR) is 87.7 cm³/mol. The Morgan fingerprint density at radius 2 is 1.87 bits per heavy atom. The number of fused-ring (bicyclic) bond motifs is 1. The van der Waals surface area contributed by atoms with Gasteiger partial charge in [0.2, 0.25) is 5.58 Å². The van der Waals surface area contributed by atoms with Gasteiger partial charge in [0.1, 0.15) is 0 Å². The number of rotatable bonds is 4. The third-order valence-corrected chi connectivity index (χ3v) is 3.72. The minimum absolute atomic E-state index is 0.246. The molecule has 0 aliphatic carbocycles. The summed E-state index contributed by atoms with van der Waals surface area (Å²) in [5, 5.41) is 15.5. The molecule has 118 valence electrons. The molecule has 0 aliphatic rings. The lowest BCUT2D eigenvalue weighted by molar-refractivity contribution is -0.592. The second-order valence-electron chi connectivity index (χ2n) is 4.92. The van der Waals surface area contributed by atoms with Crippen molar-refractivity contribution in [2.45, 2.75) is 6.42 Å². The van der Waals surface area contributed by atoms with Crippen molar-refractivity contribution in [1.82, 2.24) is 5.32 Å². The van der Waals surface area contributed by atoms with Crippen molar-refractivity contribution in [3.05, 3.63) is 69.2 Å². The molecule has 1 heterocycles. The highest BCUT2D eigenvalue weighted by molar-refractivity contribution is 6.35. The number of oxazole rings is 1. The van der Waals surface area contributed by atoms with Crippen molar-refractivity contribution < 1.29 is 13.9 Å². The van der Waals surface area contributed by atoms with E-state index >= 15 is 0 Å². The van der Waals surface area contributed by atoms with Gasteiger partial charge in [-0.3, -0.25) is 4.79 Å². The van der Waals surface area contributed by atoms with Crippen LogP contribution in [-0.2, 0) is 6.42 Å². The monoisotopic (exact) mass is 350 g/mol. The Labute approximate surface area is 142 Å². The fraction of sp³-hybridized carbons (Fsp3) is 0.125. The van der Waals surface area contributed by atoms with Crippen LogP contribution in [0.4, 0.5) is 0 Å². The number of hydrogen-bond acceptors (Lipinski definition) is 3. The molecule has 0 aliphatic heterocycles. The maximum atomic E-state index is 12.1. The molecular formula is C16H12Cl2N2O3. The summed E-state index contributed by atoms with van der Waals surface area (Å²) in [6.45, 7) is 0.255. The third kappa shape index (κ3) is 3.41. The van der Waals surface area contributed by atoms with Gasteiger partial charge in [-0.05, 0) is 24.3 Å². The lowest BCUT2D eigenvalue weighted by Crippen LogP contribution is -2.33. The molecule has 3 rings (SSSR count). The van der Waals surface area contributed by atoms with Crippen LogP contribution in [0.15, 0.2) is 46.9 Å². The Morgan fingerprint density at radius 3 is 2.57 bits per heavy atom. The summed E-state index contributed by atoms with van der Waals surface area (Å²) in [4.78, 5) is 12.1. The summed E-state index contributed by atoms with van der Waals surface area (Å²) in [6, 6.07) is 11.6. The zero-order valence-electron chi connectivity index (χ0n) is 11.9. The molecule has 1 N–H and O–H groups in total. The van der Waals surface area contributed by atoms with Crippen LogP contribution in [-0.4, -0.2) is 12.5 Å². The van der Waals surface area contributed by atoms with Crippen LogP contribution in [0.2, 0.25) is 10.0 Å². The van der Waals surface area contributed by atoms with E-state index in [0.717, 1.165) is 4.73 Å². The lowest BCUT2D eigenvalue weighted by Gasteiger charge is -2.04. The normalized spacial score (nSPS) is 10.9. The van der Waals surface area contributed by atoms with Gasteiger partial charge in [-0.2, -0.15) is 0 Å². The largest absolute Gasteiger partial charge is 0.616 e. The van der Waals surface area contributed by atoms with E-state index in [-0.39, 0.29) is 24.8 Å². The molecule has 3 aromatic rings. The van der Waals surface area contributed by atoms with E-state index in [0.29, 0.717) is 26.7 Å². The number of nitrogens with one attached hydrogen (secondary N) is 1. The lowest BCUT2D eigenvalue weighted by atomic mass is 10.2. The van der Waals surface area contributed by atoms with Crippen LogP contribution in [0, 0.1) is 5.21 Å². The standard InChI is InChI=1S/C16H12Cl2N2O3/c17-11-7-10(8-12(18)9-11)16(21)19-6-5-15-20(22)13-3-1-2-4-14(13)23-15/h1-4,7-9H,5-6H2,(H,19,21). The molecule has 0 saturated carbocycles. The number of benzene rings is 2. The number of hydrogen-bond donors (Lipinski definition) is 1. The van der Waals surface area contributed by atoms with Crippen molar-refractivity contribution in [3.8, 4) is 0 Å². The van der Waals surface area contributed by atoms with E-state index < -0.39 is 0 Å². The second-order valence-corrected chi connectivity index (χ2v) is 5.79. The van der Waals surface area contributed by atoms with E-state index in [1.54, 1.807) is 30.3 Å². The molecule has 0 atom stereocenters. The van der Waals surface area contributed by atoms with Gasteiger partial charge in [-0.15, -0.1) is 4.73 Å². The van der Waals surface area contributed by atoms with E-state index in [1.165, 1.54) is 12.1 Å². The molecule has 23 heavy (non-hydrogen) atoms. The molecule has 0 radical (unpaired) electrons. The molecular weight excluding hydrogens is 339 g/mol. The van der Waals surface area contributed by atoms with Gasteiger partial charge in [-0.25, -0.2) is 0 Å². The molecule has 0 saturated heterocycles. The first-order valence-electron chi connectivity index (χ1n) is 6.89. The molecule has 5 nitrogen and oxygen atoms in total. The van der Waals surface area contributed by atoms with Gasteiger partial charge in [0, 0.05) is 28.2 Å². The number of carbonyl (C=O) groups excluding carboxylic acids is 1. The zero-order chi connectivity index (χ0) is 16.4. The first-order chi connectivity index (χ1) is 11.0. The Bertz CT molecular complexity index is 857. The Balaban J connectivity index is 1.66. The molecule has 0 fully saturated rings. The Kier molecular flexibility index (Phi) is 4.41. The highest BCUT2D eigenvalue weighted by Gasteiger charge is 2.17. The number of halogens is 2. The van der Waals surface area contributed by atoms with Crippen LogP contribution < -0.4 is 10.0 Å². The van der Waals surface area contributed by atoms with Gasteiger partial charge < -0.3 is 14.9 Å². The molecule has 7 heteroatoms. The van der Waals surface area contributed by atoms with Gasteiger partial charge in [0.25, 0.3) is 11.4 Å². The quantitative estimate of drug-likeness (QED) is 0.579. The summed E-state index contributed by atoms with van der Waals surface area (Å²) in [7, 11) is 0. The summed E-state index contributed by atoms with van der Waals surface area (Å²) >= 11 is 11.7. The van der Waals surface area contributed by atoms with Crippen LogP contribution >= 0.6 is 23.2 Å². The second kappa shape index (κ2) is 6.48. The van der Waals surface area contributed by atoms with E-state index in [1.807, 2.05) is 0 Å². The number of carbonyl (C=O) groups is 1. The summed E-state index contributed by atoms with van der Waals surface area (Å²) < 4.78 is 6.22. The highest BCUT2D eigenvalue weighted by Crippen LogP contribution is 2.19. The minimum Gasteiger partial charge on any atom is -0.616 e. The first kappa shape index (κ1) is 15.6. The Hall–Kier alpha value is -2.24. The molecule has 0 spiro atoms. The summed E-state index contributed by atoms with van der Waals surface area (Å²) in [5.74, 6) is -0.0708. The van der Waals surface area contributed by atoms with Gasteiger partial charge >= 0.3 is 5.89 Å². The van der Waals surface area contributed by atoms with Crippen LogP contribution in [0.5, 0.6) is 0 Å². The van der Waals surface area contributed by atoms with Crippen molar-refractivity contribution >= 4 is 40.2 Å². The first-order valence-corrected chi connectivity index (χ1v) is 7.64. The van der Waals surface area contributed by atoms with Crippen molar-refractivity contribution in [2.75, 3.05) is 6.54 Å². The summed E-state index contributed by atoms with van der Waals surface area (Å²) in [6.07, 6.45) is 0.276. The van der Waals surface area contributed by atoms with E-state index in [4.69, 9.17) is 27.6 Å². The molecule has 0 bridgehead atoms. The van der Waals surface area contributed by atoms with Crippen molar-refractivity contribution in [2.24, 2.45) is 0 Å². The van der Waals surface area contributed by atoms with Gasteiger partial charge in [0.15, 0.2) is 0 Å². The molecule has 2 aromatic carbocycles. The number of para-hydroxylation sites is 2. The van der Waals surface area contributed by atoms with Gasteiger partial charge in [-0.1, -0.05) is 35.3 Å². The number of aromatic nitrogens is 1. The van der Waals surface area contributed by atoms with Crippen LogP contribution in [0.1, 0.15) is 16.2 Å². The molecule has 1 aromatic heterocycles.